The van der Waals surface area contributed by atoms with E-state index in [9.17, 15) is 23.4 Å². The first-order chi connectivity index (χ1) is 13.4. The molecule has 29 heavy (non-hydrogen) atoms. The van der Waals surface area contributed by atoms with Gasteiger partial charge in [0.15, 0.2) is 0 Å². The molecule has 3 aliphatic rings. The van der Waals surface area contributed by atoms with Gasteiger partial charge in [-0.15, -0.1) is 0 Å². The summed E-state index contributed by atoms with van der Waals surface area (Å²) in [6, 6.07) is 0. The molecule has 0 aromatic heterocycles. The Balaban J connectivity index is 1.91. The van der Waals surface area contributed by atoms with Gasteiger partial charge in [-0.1, -0.05) is 31.1 Å². The van der Waals surface area contributed by atoms with E-state index in [1.807, 2.05) is 6.92 Å². The molecule has 164 valence electrons. The Morgan fingerprint density at radius 2 is 2.00 bits per heavy atom. The SMILES string of the molecule is CC1=C(C/C=C2/C(=O)OC[C@H]2OS(=O)(=O)O)[C@]2(C)CC[C@@H](O)[C@@](C)(CO)[C@H]2CC1. The molecule has 2 aliphatic carbocycles. The van der Waals surface area contributed by atoms with E-state index in [0.29, 0.717) is 12.8 Å². The Bertz CT molecular complexity index is 845. The third-order valence-electron chi connectivity index (χ3n) is 7.33. The van der Waals surface area contributed by atoms with Gasteiger partial charge < -0.3 is 14.9 Å². The van der Waals surface area contributed by atoms with Crippen molar-refractivity contribution in [2.45, 2.75) is 65.1 Å². The Labute approximate surface area is 171 Å². The molecule has 0 unspecified atom stereocenters. The van der Waals surface area contributed by atoms with Gasteiger partial charge >= 0.3 is 16.4 Å². The second kappa shape index (κ2) is 7.77. The summed E-state index contributed by atoms with van der Waals surface area (Å²) in [7, 11) is -4.71. The monoisotopic (exact) mass is 430 g/mol. The fraction of sp³-hybridized carbons (Fsp3) is 0.750. The molecule has 0 radical (unpaired) electrons. The van der Waals surface area contributed by atoms with Gasteiger partial charge in [-0.2, -0.15) is 8.42 Å². The molecule has 1 saturated heterocycles. The zero-order valence-corrected chi connectivity index (χ0v) is 17.9. The normalized spacial score (nSPS) is 39.6. The Kier molecular flexibility index (Phi) is 6.01. The van der Waals surface area contributed by atoms with Crippen molar-refractivity contribution in [1.29, 1.82) is 0 Å². The van der Waals surface area contributed by atoms with Gasteiger partial charge in [0.1, 0.15) is 12.7 Å². The van der Waals surface area contributed by atoms with Crippen LogP contribution in [0.1, 0.15) is 52.9 Å². The minimum absolute atomic E-state index is 0.0782. The van der Waals surface area contributed by atoms with Crippen molar-refractivity contribution in [3.63, 3.8) is 0 Å². The van der Waals surface area contributed by atoms with Crippen molar-refractivity contribution >= 4 is 16.4 Å². The average Bonchev–Trinajstić information content (AvgIpc) is 2.96. The van der Waals surface area contributed by atoms with Crippen molar-refractivity contribution in [2.75, 3.05) is 13.2 Å². The number of rotatable bonds is 5. The first-order valence-corrected chi connectivity index (χ1v) is 11.3. The number of ether oxygens (including phenoxy) is 1. The first-order valence-electron chi connectivity index (χ1n) is 9.93. The summed E-state index contributed by atoms with van der Waals surface area (Å²) in [5.41, 5.74) is 1.57. The summed E-state index contributed by atoms with van der Waals surface area (Å²) in [5.74, 6) is -0.574. The van der Waals surface area contributed by atoms with Crippen molar-refractivity contribution < 1.29 is 36.9 Å². The standard InChI is InChI=1S/C20H30O8S/c1-12-4-7-16-19(2,9-8-17(22)20(16,3)11-21)14(12)6-5-13-15(10-27-18(13)23)28-29(24,25)26/h5,15-17,21-22H,4,6-11H2,1-3H3,(H,24,25,26)/b13-5+/t15-,16+,17-,19+,20+/m1/s1. The van der Waals surface area contributed by atoms with Crippen LogP contribution in [-0.2, 0) is 24.1 Å². The summed E-state index contributed by atoms with van der Waals surface area (Å²) in [4.78, 5) is 12.1. The van der Waals surface area contributed by atoms with Gasteiger partial charge in [0.25, 0.3) is 0 Å². The molecular formula is C20H30O8S. The summed E-state index contributed by atoms with van der Waals surface area (Å²) >= 11 is 0. The number of esters is 1. The number of hydrogen-bond acceptors (Lipinski definition) is 7. The van der Waals surface area contributed by atoms with E-state index < -0.39 is 34.0 Å². The molecule has 9 heteroatoms. The number of cyclic esters (lactones) is 1. The smallest absolute Gasteiger partial charge is 0.398 e. The molecule has 3 N–H and O–H groups in total. The molecule has 1 heterocycles. The first kappa shape index (κ1) is 22.4. The Morgan fingerprint density at radius 3 is 2.62 bits per heavy atom. The highest BCUT2D eigenvalue weighted by Gasteiger charge is 2.55. The zero-order valence-electron chi connectivity index (χ0n) is 17.1. The van der Waals surface area contributed by atoms with E-state index >= 15 is 0 Å². The summed E-state index contributed by atoms with van der Waals surface area (Å²) in [5, 5.41) is 20.6. The van der Waals surface area contributed by atoms with Crippen molar-refractivity contribution in [3.8, 4) is 0 Å². The molecule has 0 bridgehead atoms. The maximum absolute atomic E-state index is 12.1. The molecule has 5 atom stereocenters. The van der Waals surface area contributed by atoms with E-state index in [1.165, 1.54) is 5.57 Å². The lowest BCUT2D eigenvalue weighted by molar-refractivity contribution is -0.135. The number of hydrogen-bond donors (Lipinski definition) is 3. The lowest BCUT2D eigenvalue weighted by atomic mass is 9.48. The van der Waals surface area contributed by atoms with Crippen LogP contribution in [0.5, 0.6) is 0 Å². The van der Waals surface area contributed by atoms with Crippen molar-refractivity contribution in [1.82, 2.24) is 0 Å². The van der Waals surface area contributed by atoms with Gasteiger partial charge in [0.2, 0.25) is 0 Å². The highest BCUT2D eigenvalue weighted by Crippen LogP contribution is 2.60. The van der Waals surface area contributed by atoms with Crippen LogP contribution in [0.2, 0.25) is 0 Å². The summed E-state index contributed by atoms with van der Waals surface area (Å²) in [6.07, 6.45) is 3.34. The van der Waals surface area contributed by atoms with Gasteiger partial charge in [-0.25, -0.2) is 8.98 Å². The van der Waals surface area contributed by atoms with Crippen LogP contribution in [0.15, 0.2) is 22.8 Å². The Hall–Kier alpha value is -1.26. The molecule has 0 amide bonds. The number of carbonyl (C=O) groups is 1. The summed E-state index contributed by atoms with van der Waals surface area (Å²) < 4.78 is 40.5. The van der Waals surface area contributed by atoms with Crippen LogP contribution >= 0.6 is 0 Å². The molecule has 0 aromatic carbocycles. The molecule has 2 fully saturated rings. The van der Waals surface area contributed by atoms with Crippen molar-refractivity contribution in [3.05, 3.63) is 22.8 Å². The van der Waals surface area contributed by atoms with Crippen LogP contribution in [0.4, 0.5) is 0 Å². The second-order valence-corrected chi connectivity index (χ2v) is 10.0. The van der Waals surface area contributed by atoms with Gasteiger partial charge in [-0.05, 0) is 50.4 Å². The molecule has 8 nitrogen and oxygen atoms in total. The third-order valence-corrected chi connectivity index (χ3v) is 7.80. The quantitative estimate of drug-likeness (QED) is 0.261. The maximum atomic E-state index is 12.1. The number of aliphatic hydroxyl groups is 2. The van der Waals surface area contributed by atoms with Gasteiger partial charge in [-0.3, -0.25) is 4.55 Å². The number of carbonyl (C=O) groups excluding carboxylic acids is 1. The third kappa shape index (κ3) is 4.03. The number of allylic oxidation sites excluding steroid dienone is 3. The van der Waals surface area contributed by atoms with E-state index in [-0.39, 0.29) is 30.1 Å². The van der Waals surface area contributed by atoms with Crippen LogP contribution in [0.3, 0.4) is 0 Å². The highest BCUT2D eigenvalue weighted by molar-refractivity contribution is 7.80. The van der Waals surface area contributed by atoms with E-state index in [0.717, 1.165) is 24.8 Å². The van der Waals surface area contributed by atoms with E-state index in [4.69, 9.17) is 9.29 Å². The topological polar surface area (TPSA) is 130 Å². The minimum Gasteiger partial charge on any atom is -0.459 e. The lowest BCUT2D eigenvalue weighted by Crippen LogP contribution is -2.55. The van der Waals surface area contributed by atoms with Crippen molar-refractivity contribution in [2.24, 2.45) is 16.7 Å². The molecular weight excluding hydrogens is 400 g/mol. The molecule has 0 aromatic rings. The lowest BCUT2D eigenvalue weighted by Gasteiger charge is -2.57. The predicted molar refractivity (Wildman–Crippen MR) is 104 cm³/mol. The minimum atomic E-state index is -4.71. The molecule has 0 spiro atoms. The Morgan fingerprint density at radius 1 is 1.31 bits per heavy atom. The molecule has 1 aliphatic heterocycles. The number of aliphatic hydroxyl groups excluding tert-OH is 2. The van der Waals surface area contributed by atoms with Gasteiger partial charge in [0, 0.05) is 5.41 Å². The zero-order chi connectivity index (χ0) is 21.6. The van der Waals surface area contributed by atoms with Crippen LogP contribution in [-0.4, -0.2) is 54.6 Å². The van der Waals surface area contributed by atoms with E-state index in [1.54, 1.807) is 6.08 Å². The van der Waals surface area contributed by atoms with Crippen LogP contribution in [0.25, 0.3) is 0 Å². The largest absolute Gasteiger partial charge is 0.459 e. The average molecular weight is 431 g/mol. The predicted octanol–water partition coefficient (Wildman–Crippen LogP) is 1.93. The highest BCUT2D eigenvalue weighted by atomic mass is 32.3. The molecule has 3 rings (SSSR count). The summed E-state index contributed by atoms with van der Waals surface area (Å²) in [6.45, 7) is 5.76. The van der Waals surface area contributed by atoms with Crippen LogP contribution < -0.4 is 0 Å². The maximum Gasteiger partial charge on any atom is 0.398 e. The second-order valence-electron chi connectivity index (χ2n) is 8.96. The molecule has 1 saturated carbocycles. The van der Waals surface area contributed by atoms with Gasteiger partial charge in [0.05, 0.1) is 18.3 Å². The number of fused-ring (bicyclic) bond motifs is 1. The fourth-order valence-corrected chi connectivity index (χ4v) is 6.09. The fourth-order valence-electron chi connectivity index (χ4n) is 5.64. The van der Waals surface area contributed by atoms with E-state index in [2.05, 4.69) is 18.0 Å². The van der Waals surface area contributed by atoms with Crippen LogP contribution in [0, 0.1) is 16.7 Å².